The maximum atomic E-state index is 12.8. The van der Waals surface area contributed by atoms with Crippen LogP contribution in [0.4, 0.5) is 5.95 Å². The molecule has 2 aromatic rings. The number of methoxy groups -OCH3 is 3. The summed E-state index contributed by atoms with van der Waals surface area (Å²) in [4.78, 5) is 12.8. The fourth-order valence-electron chi connectivity index (χ4n) is 2.90. The van der Waals surface area contributed by atoms with Crippen molar-refractivity contribution in [2.45, 2.75) is 13.0 Å². The van der Waals surface area contributed by atoms with Gasteiger partial charge in [0.1, 0.15) is 12.6 Å². The number of carbonyl (C=O) groups excluding carboxylic acids is 1. The number of carbonyl (C=O) groups is 1. The number of anilines is 1. The Morgan fingerprint density at radius 2 is 1.96 bits per heavy atom. The molecule has 1 aliphatic rings. The Balaban J connectivity index is 2.05. The molecule has 10 heteroatoms. The van der Waals surface area contributed by atoms with E-state index in [9.17, 15) is 4.79 Å². The van der Waals surface area contributed by atoms with Crippen LogP contribution in [0.1, 0.15) is 18.5 Å². The van der Waals surface area contributed by atoms with Gasteiger partial charge >= 0.3 is 5.97 Å². The molecule has 1 N–H and O–H groups in total. The number of hydrogen-bond donors (Lipinski definition) is 1. The molecule has 0 bridgehead atoms. The van der Waals surface area contributed by atoms with E-state index in [2.05, 4.69) is 20.8 Å². The van der Waals surface area contributed by atoms with Crippen LogP contribution in [0.15, 0.2) is 29.5 Å². The number of rotatable bonds is 7. The highest BCUT2D eigenvalue weighted by Crippen LogP contribution is 2.38. The third-order valence-electron chi connectivity index (χ3n) is 4.18. The zero-order valence-electron chi connectivity index (χ0n) is 15.6. The Morgan fingerprint density at radius 3 is 2.67 bits per heavy atom. The quantitative estimate of drug-likeness (QED) is 0.563. The summed E-state index contributed by atoms with van der Waals surface area (Å²) in [6.45, 7) is 2.23. The predicted molar refractivity (Wildman–Crippen MR) is 94.7 cm³/mol. The Kier molecular flexibility index (Phi) is 5.55. The minimum absolute atomic E-state index is 0.146. The van der Waals surface area contributed by atoms with Gasteiger partial charge in [0.05, 0.1) is 26.4 Å². The number of nitrogens with zero attached hydrogens (tertiary/aromatic N) is 4. The van der Waals surface area contributed by atoms with E-state index in [4.69, 9.17) is 18.9 Å². The van der Waals surface area contributed by atoms with Crippen molar-refractivity contribution in [2.75, 3.05) is 39.9 Å². The van der Waals surface area contributed by atoms with E-state index < -0.39 is 12.0 Å². The molecular weight excluding hydrogens is 354 g/mol. The summed E-state index contributed by atoms with van der Waals surface area (Å²) in [6.07, 6.45) is 0. The SMILES string of the molecule is COCCOC(=O)C1=C(C)Nc2nnnn2[C@H]1c1ccc(OC)c(OC)c1. The molecule has 0 radical (unpaired) electrons. The second-order valence-corrected chi connectivity index (χ2v) is 5.76. The highest BCUT2D eigenvalue weighted by Gasteiger charge is 2.35. The van der Waals surface area contributed by atoms with Crippen LogP contribution in [0.2, 0.25) is 0 Å². The highest BCUT2D eigenvalue weighted by molar-refractivity contribution is 5.92. The molecule has 0 aliphatic carbocycles. The number of tetrazole rings is 1. The van der Waals surface area contributed by atoms with Gasteiger partial charge in [-0.3, -0.25) is 0 Å². The molecule has 10 nitrogen and oxygen atoms in total. The van der Waals surface area contributed by atoms with Gasteiger partial charge in [0, 0.05) is 12.8 Å². The molecule has 0 unspecified atom stereocenters. The Hall–Kier alpha value is -3.14. The lowest BCUT2D eigenvalue weighted by Crippen LogP contribution is -2.30. The van der Waals surface area contributed by atoms with E-state index in [-0.39, 0.29) is 6.61 Å². The van der Waals surface area contributed by atoms with E-state index in [1.165, 1.54) is 4.68 Å². The van der Waals surface area contributed by atoms with Crippen LogP contribution < -0.4 is 14.8 Å². The van der Waals surface area contributed by atoms with Crippen molar-refractivity contribution in [2.24, 2.45) is 0 Å². The highest BCUT2D eigenvalue weighted by atomic mass is 16.6. The monoisotopic (exact) mass is 375 g/mol. The van der Waals surface area contributed by atoms with Gasteiger partial charge in [-0.1, -0.05) is 11.2 Å². The second kappa shape index (κ2) is 8.04. The molecule has 0 fully saturated rings. The minimum atomic E-state index is -0.578. The Labute approximate surface area is 156 Å². The van der Waals surface area contributed by atoms with Crippen molar-refractivity contribution in [1.82, 2.24) is 20.2 Å². The summed E-state index contributed by atoms with van der Waals surface area (Å²) in [5.74, 6) is 1.07. The van der Waals surface area contributed by atoms with Crippen LogP contribution in [-0.4, -0.2) is 60.7 Å². The molecule has 1 aromatic heterocycles. The fraction of sp³-hybridized carbons (Fsp3) is 0.412. The van der Waals surface area contributed by atoms with Crippen LogP contribution in [0, 0.1) is 0 Å². The van der Waals surface area contributed by atoms with E-state index in [1.807, 2.05) is 6.07 Å². The minimum Gasteiger partial charge on any atom is -0.493 e. The van der Waals surface area contributed by atoms with Crippen LogP contribution >= 0.6 is 0 Å². The first kappa shape index (κ1) is 18.6. The van der Waals surface area contributed by atoms with Crippen LogP contribution in [0.3, 0.4) is 0 Å². The lowest BCUT2D eigenvalue weighted by atomic mass is 9.95. The Bertz CT molecular complexity index is 863. The summed E-state index contributed by atoms with van der Waals surface area (Å²) in [7, 11) is 4.65. The van der Waals surface area contributed by atoms with Crippen LogP contribution in [0.5, 0.6) is 11.5 Å². The van der Waals surface area contributed by atoms with Crippen LogP contribution in [0.25, 0.3) is 0 Å². The first-order valence-corrected chi connectivity index (χ1v) is 8.24. The number of nitrogens with one attached hydrogen (secondary N) is 1. The van der Waals surface area contributed by atoms with E-state index >= 15 is 0 Å². The maximum absolute atomic E-state index is 12.8. The lowest BCUT2D eigenvalue weighted by Gasteiger charge is -2.27. The van der Waals surface area contributed by atoms with E-state index in [1.54, 1.807) is 40.4 Å². The summed E-state index contributed by atoms with van der Waals surface area (Å²) < 4.78 is 22.5. The number of hydrogen-bond acceptors (Lipinski definition) is 9. The lowest BCUT2D eigenvalue weighted by molar-refractivity contribution is -0.140. The third kappa shape index (κ3) is 3.56. The number of ether oxygens (including phenoxy) is 4. The molecule has 0 saturated heterocycles. The van der Waals surface area contributed by atoms with E-state index in [0.29, 0.717) is 35.3 Å². The largest absolute Gasteiger partial charge is 0.493 e. The number of aromatic nitrogens is 4. The number of allylic oxidation sites excluding steroid dienone is 1. The number of esters is 1. The Morgan fingerprint density at radius 1 is 1.19 bits per heavy atom. The van der Waals surface area contributed by atoms with Gasteiger partial charge in [-0.05, 0) is 35.0 Å². The van der Waals surface area contributed by atoms with Crippen LogP contribution in [-0.2, 0) is 14.3 Å². The zero-order valence-corrected chi connectivity index (χ0v) is 15.6. The predicted octanol–water partition coefficient (Wildman–Crippen LogP) is 1.17. The average molecular weight is 375 g/mol. The molecule has 2 heterocycles. The van der Waals surface area contributed by atoms with Crippen molar-refractivity contribution in [3.8, 4) is 11.5 Å². The summed E-state index contributed by atoms with van der Waals surface area (Å²) in [6, 6.07) is 4.81. The van der Waals surface area contributed by atoms with Crippen molar-refractivity contribution in [3.05, 3.63) is 35.0 Å². The summed E-state index contributed by atoms with van der Waals surface area (Å²) in [5, 5.41) is 14.7. The maximum Gasteiger partial charge on any atom is 0.338 e. The standard InChI is InChI=1S/C17H21N5O5/c1-10-14(16(23)27-8-7-24-2)15(22-17(18-10)19-20-21-22)11-5-6-12(25-3)13(9-11)26-4/h5-6,9,15H,7-8H2,1-4H3,(H,18,19,21)/t15-/m0/s1. The van der Waals surface area contributed by atoms with Crippen molar-refractivity contribution in [3.63, 3.8) is 0 Å². The van der Waals surface area contributed by atoms with Crippen molar-refractivity contribution < 1.29 is 23.7 Å². The summed E-state index contributed by atoms with van der Waals surface area (Å²) >= 11 is 0. The molecule has 27 heavy (non-hydrogen) atoms. The van der Waals surface area contributed by atoms with Gasteiger partial charge in [0.25, 0.3) is 0 Å². The average Bonchev–Trinajstić information content (AvgIpc) is 3.14. The normalized spacial score (nSPS) is 15.8. The molecule has 0 spiro atoms. The molecule has 0 amide bonds. The van der Waals surface area contributed by atoms with Gasteiger partial charge in [-0.2, -0.15) is 4.68 Å². The first-order valence-electron chi connectivity index (χ1n) is 8.24. The van der Waals surface area contributed by atoms with Gasteiger partial charge in [-0.15, -0.1) is 0 Å². The van der Waals surface area contributed by atoms with Gasteiger partial charge in [0.15, 0.2) is 11.5 Å². The van der Waals surface area contributed by atoms with Gasteiger partial charge < -0.3 is 24.3 Å². The fourth-order valence-corrected chi connectivity index (χ4v) is 2.90. The zero-order chi connectivity index (χ0) is 19.4. The smallest absolute Gasteiger partial charge is 0.338 e. The van der Waals surface area contributed by atoms with Gasteiger partial charge in [-0.25, -0.2) is 4.79 Å². The molecule has 1 aliphatic heterocycles. The first-order chi connectivity index (χ1) is 13.1. The molecule has 1 atom stereocenters. The third-order valence-corrected chi connectivity index (χ3v) is 4.18. The number of fused-ring (bicyclic) bond motifs is 1. The second-order valence-electron chi connectivity index (χ2n) is 5.76. The van der Waals surface area contributed by atoms with E-state index in [0.717, 1.165) is 5.56 Å². The molecule has 0 saturated carbocycles. The topological polar surface area (TPSA) is 110 Å². The molecule has 3 rings (SSSR count). The van der Waals surface area contributed by atoms with Gasteiger partial charge in [0.2, 0.25) is 5.95 Å². The molecular formula is C17H21N5O5. The summed E-state index contributed by atoms with van der Waals surface area (Å²) in [5.41, 5.74) is 1.76. The number of benzene rings is 1. The molecule has 1 aromatic carbocycles. The van der Waals surface area contributed by atoms with Crippen molar-refractivity contribution >= 4 is 11.9 Å². The molecule has 144 valence electrons. The van der Waals surface area contributed by atoms with Crippen molar-refractivity contribution in [1.29, 1.82) is 0 Å².